The highest BCUT2D eigenvalue weighted by Gasteiger charge is 2.28. The zero-order valence-corrected chi connectivity index (χ0v) is 14.2. The van der Waals surface area contributed by atoms with E-state index < -0.39 is 0 Å². The van der Waals surface area contributed by atoms with Crippen molar-refractivity contribution in [1.29, 1.82) is 0 Å². The van der Waals surface area contributed by atoms with Gasteiger partial charge >= 0.3 is 0 Å². The summed E-state index contributed by atoms with van der Waals surface area (Å²) in [4.78, 5) is 11.7. The van der Waals surface area contributed by atoms with E-state index in [1.807, 2.05) is 12.1 Å². The van der Waals surface area contributed by atoms with Gasteiger partial charge < -0.3 is 15.8 Å². The van der Waals surface area contributed by atoms with Gasteiger partial charge in [0, 0.05) is 12.6 Å². The predicted molar refractivity (Wildman–Crippen MR) is 91.6 cm³/mol. The second kappa shape index (κ2) is 9.01. The second-order valence-electron chi connectivity index (χ2n) is 6.13. The molecule has 4 nitrogen and oxygen atoms in total. The molecule has 124 valence electrons. The van der Waals surface area contributed by atoms with Crippen LogP contribution in [0.5, 0.6) is 5.75 Å². The molecule has 1 aliphatic carbocycles. The molecule has 0 aromatic heterocycles. The van der Waals surface area contributed by atoms with E-state index in [0.29, 0.717) is 31.4 Å². The first kappa shape index (κ1) is 18.8. The number of carbonyl (C=O) groups is 1. The topological polar surface area (TPSA) is 64.3 Å². The average Bonchev–Trinajstić information content (AvgIpc) is 3.30. The summed E-state index contributed by atoms with van der Waals surface area (Å²) < 4.78 is 5.59. The van der Waals surface area contributed by atoms with Gasteiger partial charge in [-0.05, 0) is 42.4 Å². The molecule has 0 aliphatic heterocycles. The molecule has 1 aromatic rings. The van der Waals surface area contributed by atoms with Gasteiger partial charge in [0.05, 0.1) is 13.0 Å². The minimum Gasteiger partial charge on any atom is -0.493 e. The van der Waals surface area contributed by atoms with Gasteiger partial charge in [0.1, 0.15) is 5.75 Å². The third kappa shape index (κ3) is 6.24. The van der Waals surface area contributed by atoms with E-state index >= 15 is 0 Å². The Kier molecular flexibility index (Phi) is 7.69. The van der Waals surface area contributed by atoms with Crippen molar-refractivity contribution in [3.05, 3.63) is 29.8 Å². The summed E-state index contributed by atoms with van der Waals surface area (Å²) in [5.41, 5.74) is 7.23. The third-order valence-corrected chi connectivity index (χ3v) is 3.91. The van der Waals surface area contributed by atoms with Crippen molar-refractivity contribution in [1.82, 2.24) is 5.32 Å². The first-order valence-electron chi connectivity index (χ1n) is 7.81. The lowest BCUT2D eigenvalue weighted by molar-refractivity contribution is -0.121. The fraction of sp³-hybridized carbons (Fsp3) is 0.588. The number of carbonyl (C=O) groups excluding carboxylic acids is 1. The SMILES string of the molecule is CC(C)c1ccc(OCCC(=O)NCC(N)C2CC2)cc1.Cl. The van der Waals surface area contributed by atoms with Crippen LogP contribution in [0.3, 0.4) is 0 Å². The van der Waals surface area contributed by atoms with Gasteiger partial charge in [-0.3, -0.25) is 4.79 Å². The zero-order valence-electron chi connectivity index (χ0n) is 13.4. The number of benzene rings is 1. The molecule has 5 heteroatoms. The van der Waals surface area contributed by atoms with Crippen LogP contribution in [0, 0.1) is 5.92 Å². The minimum absolute atomic E-state index is 0. The number of halogens is 1. The normalized spacial score (nSPS) is 15.1. The van der Waals surface area contributed by atoms with Crippen molar-refractivity contribution in [2.24, 2.45) is 11.7 Å². The number of ether oxygens (including phenoxy) is 1. The Morgan fingerprint density at radius 2 is 1.95 bits per heavy atom. The van der Waals surface area contributed by atoms with E-state index in [1.54, 1.807) is 0 Å². The first-order chi connectivity index (χ1) is 10.1. The van der Waals surface area contributed by atoms with E-state index in [2.05, 4.69) is 31.3 Å². The van der Waals surface area contributed by atoms with Gasteiger partial charge in [-0.2, -0.15) is 0 Å². The molecule has 1 saturated carbocycles. The zero-order chi connectivity index (χ0) is 15.2. The molecule has 3 N–H and O–H groups in total. The van der Waals surface area contributed by atoms with E-state index in [9.17, 15) is 4.79 Å². The van der Waals surface area contributed by atoms with Crippen LogP contribution in [0.25, 0.3) is 0 Å². The van der Waals surface area contributed by atoms with Crippen molar-refractivity contribution < 1.29 is 9.53 Å². The lowest BCUT2D eigenvalue weighted by Gasteiger charge is -2.12. The molecule has 22 heavy (non-hydrogen) atoms. The van der Waals surface area contributed by atoms with Crippen LogP contribution >= 0.6 is 12.4 Å². The summed E-state index contributed by atoms with van der Waals surface area (Å²) in [5.74, 6) is 1.94. The molecule has 0 saturated heterocycles. The first-order valence-corrected chi connectivity index (χ1v) is 7.81. The fourth-order valence-corrected chi connectivity index (χ4v) is 2.22. The van der Waals surface area contributed by atoms with Gasteiger partial charge in [-0.25, -0.2) is 0 Å². The molecule has 1 fully saturated rings. The molecule has 1 unspecified atom stereocenters. The molecule has 1 amide bonds. The molecule has 1 atom stereocenters. The summed E-state index contributed by atoms with van der Waals surface area (Å²) in [5, 5.41) is 2.87. The highest BCUT2D eigenvalue weighted by molar-refractivity contribution is 5.85. The van der Waals surface area contributed by atoms with E-state index in [1.165, 1.54) is 18.4 Å². The Hall–Kier alpha value is -1.26. The fourth-order valence-electron chi connectivity index (χ4n) is 2.22. The van der Waals surface area contributed by atoms with Crippen LogP contribution in [-0.2, 0) is 4.79 Å². The molecule has 2 rings (SSSR count). The van der Waals surface area contributed by atoms with Crippen LogP contribution < -0.4 is 15.8 Å². The third-order valence-electron chi connectivity index (χ3n) is 3.91. The summed E-state index contributed by atoms with van der Waals surface area (Å²) in [6.45, 7) is 5.29. The standard InChI is InChI=1S/C17H26N2O2.ClH/c1-12(2)13-5-7-15(8-6-13)21-10-9-17(20)19-11-16(18)14-3-4-14;/h5-8,12,14,16H,3-4,9-11,18H2,1-2H3,(H,19,20);1H. The van der Waals surface area contributed by atoms with Gasteiger partial charge in [-0.1, -0.05) is 26.0 Å². The maximum Gasteiger partial charge on any atom is 0.223 e. The molecular weight excluding hydrogens is 300 g/mol. The maximum atomic E-state index is 11.7. The molecule has 0 spiro atoms. The number of rotatable bonds is 8. The van der Waals surface area contributed by atoms with Gasteiger partial charge in [-0.15, -0.1) is 12.4 Å². The van der Waals surface area contributed by atoms with Crippen molar-refractivity contribution >= 4 is 18.3 Å². The van der Waals surface area contributed by atoms with Crippen LogP contribution in [0.15, 0.2) is 24.3 Å². The summed E-state index contributed by atoms with van der Waals surface area (Å²) in [6, 6.07) is 8.15. The lowest BCUT2D eigenvalue weighted by atomic mass is 10.0. The smallest absolute Gasteiger partial charge is 0.223 e. The van der Waals surface area contributed by atoms with Crippen molar-refractivity contribution in [2.45, 2.75) is 45.1 Å². The quantitative estimate of drug-likeness (QED) is 0.772. The Morgan fingerprint density at radius 1 is 1.32 bits per heavy atom. The summed E-state index contributed by atoms with van der Waals surface area (Å²) >= 11 is 0. The van der Waals surface area contributed by atoms with Gasteiger partial charge in [0.15, 0.2) is 0 Å². The molecule has 1 aliphatic rings. The van der Waals surface area contributed by atoms with Gasteiger partial charge in [0.25, 0.3) is 0 Å². The molecule has 0 heterocycles. The van der Waals surface area contributed by atoms with Crippen molar-refractivity contribution in [3.63, 3.8) is 0 Å². The average molecular weight is 327 g/mol. The van der Waals surface area contributed by atoms with Crippen LogP contribution in [-0.4, -0.2) is 25.1 Å². The highest BCUT2D eigenvalue weighted by Crippen LogP contribution is 2.31. The largest absolute Gasteiger partial charge is 0.493 e. The molecular formula is C17H27ClN2O2. The Morgan fingerprint density at radius 3 is 2.50 bits per heavy atom. The minimum atomic E-state index is 0. The van der Waals surface area contributed by atoms with Crippen LogP contribution in [0.2, 0.25) is 0 Å². The Balaban J connectivity index is 0.00000242. The summed E-state index contributed by atoms with van der Waals surface area (Å²) in [6.07, 6.45) is 2.77. The van der Waals surface area contributed by atoms with Crippen LogP contribution in [0.4, 0.5) is 0 Å². The molecule has 0 radical (unpaired) electrons. The van der Waals surface area contributed by atoms with E-state index in [4.69, 9.17) is 10.5 Å². The van der Waals surface area contributed by atoms with Gasteiger partial charge in [0.2, 0.25) is 5.91 Å². The number of nitrogens with one attached hydrogen (secondary N) is 1. The molecule has 1 aromatic carbocycles. The van der Waals surface area contributed by atoms with Crippen LogP contribution in [0.1, 0.15) is 44.6 Å². The van der Waals surface area contributed by atoms with Crippen molar-refractivity contribution in [2.75, 3.05) is 13.2 Å². The Bertz CT molecular complexity index is 458. The summed E-state index contributed by atoms with van der Waals surface area (Å²) in [7, 11) is 0. The van der Waals surface area contributed by atoms with E-state index in [0.717, 1.165) is 5.75 Å². The van der Waals surface area contributed by atoms with E-state index in [-0.39, 0.29) is 24.4 Å². The van der Waals surface area contributed by atoms with Crippen molar-refractivity contribution in [3.8, 4) is 5.75 Å². The Labute approximate surface area is 139 Å². The highest BCUT2D eigenvalue weighted by atomic mass is 35.5. The number of hydrogen-bond acceptors (Lipinski definition) is 3. The number of nitrogens with two attached hydrogens (primary N) is 1. The predicted octanol–water partition coefficient (Wildman–Crippen LogP) is 2.85. The number of amides is 1. The second-order valence-corrected chi connectivity index (χ2v) is 6.13. The number of hydrogen-bond donors (Lipinski definition) is 2. The maximum absolute atomic E-state index is 11.7. The molecule has 0 bridgehead atoms. The monoisotopic (exact) mass is 326 g/mol. The lowest BCUT2D eigenvalue weighted by Crippen LogP contribution is -2.38.